The molecule has 0 aliphatic carbocycles. The quantitative estimate of drug-likeness (QED) is 0.782. The first-order chi connectivity index (χ1) is 13.7. The third-order valence-corrected chi connectivity index (χ3v) is 6.12. The molecule has 29 heavy (non-hydrogen) atoms. The number of piperazine rings is 1. The lowest BCUT2D eigenvalue weighted by atomic mass is 9.92. The second kappa shape index (κ2) is 8.56. The fourth-order valence-electron chi connectivity index (χ4n) is 4.41. The smallest absolute Gasteiger partial charge is 0.228 e. The number of hydrogen-bond acceptors (Lipinski definition) is 3. The Morgan fingerprint density at radius 2 is 1.45 bits per heavy atom. The van der Waals surface area contributed by atoms with Crippen molar-refractivity contribution >= 4 is 23.4 Å². The molecule has 2 aliphatic rings. The van der Waals surface area contributed by atoms with Crippen molar-refractivity contribution in [2.24, 2.45) is 5.92 Å². The van der Waals surface area contributed by atoms with Gasteiger partial charge >= 0.3 is 0 Å². The van der Waals surface area contributed by atoms with Gasteiger partial charge in [0.2, 0.25) is 17.7 Å². The predicted molar refractivity (Wildman–Crippen MR) is 114 cm³/mol. The van der Waals surface area contributed by atoms with Crippen LogP contribution < -0.4 is 4.90 Å². The number of carbonyl (C=O) groups excluding carboxylic acids is 3. The van der Waals surface area contributed by atoms with E-state index in [4.69, 9.17) is 0 Å². The Hall–Kier alpha value is -2.37. The van der Waals surface area contributed by atoms with Crippen LogP contribution in [0.1, 0.15) is 64.0 Å². The zero-order valence-corrected chi connectivity index (χ0v) is 18.3. The summed E-state index contributed by atoms with van der Waals surface area (Å²) in [5.41, 5.74) is 3.32. The van der Waals surface area contributed by atoms with Crippen LogP contribution in [0.2, 0.25) is 0 Å². The normalized spacial score (nSPS) is 20.2. The van der Waals surface area contributed by atoms with E-state index in [1.54, 1.807) is 11.8 Å². The maximum atomic E-state index is 13.1. The number of rotatable bonds is 4. The molecule has 3 rings (SSSR count). The largest absolute Gasteiger partial charge is 0.339 e. The van der Waals surface area contributed by atoms with Crippen LogP contribution >= 0.6 is 0 Å². The lowest BCUT2D eigenvalue weighted by molar-refractivity contribution is -0.141. The Labute approximate surface area is 173 Å². The fraction of sp³-hybridized carbons (Fsp3) is 0.609. The van der Waals surface area contributed by atoms with Crippen LogP contribution in [0.25, 0.3) is 0 Å². The van der Waals surface area contributed by atoms with E-state index < -0.39 is 0 Å². The summed E-state index contributed by atoms with van der Waals surface area (Å²) in [6.07, 6.45) is 0.260. The third kappa shape index (κ3) is 4.31. The molecule has 0 aromatic heterocycles. The van der Waals surface area contributed by atoms with Gasteiger partial charge in [-0.1, -0.05) is 45.9 Å². The standard InChI is InChI=1S/C23H33N3O3/c1-15(2)19-7-6-8-20(16(3)4)22(19)26-14-18(13-21(26)28)23(29)25-11-9-24(10-12-25)17(5)27/h6-8,15-16,18H,9-14H2,1-5H3. The second-order valence-corrected chi connectivity index (χ2v) is 8.83. The van der Waals surface area contributed by atoms with Crippen molar-refractivity contribution in [1.29, 1.82) is 0 Å². The number of carbonyl (C=O) groups is 3. The van der Waals surface area contributed by atoms with Gasteiger partial charge in [-0.2, -0.15) is 0 Å². The van der Waals surface area contributed by atoms with E-state index >= 15 is 0 Å². The molecule has 0 saturated carbocycles. The minimum absolute atomic E-state index is 0.0284. The number of benzene rings is 1. The lowest BCUT2D eigenvalue weighted by Gasteiger charge is -2.35. The van der Waals surface area contributed by atoms with E-state index in [2.05, 4.69) is 45.9 Å². The van der Waals surface area contributed by atoms with Crippen LogP contribution in [0.4, 0.5) is 5.69 Å². The molecular formula is C23H33N3O3. The van der Waals surface area contributed by atoms with Crippen molar-refractivity contribution in [2.75, 3.05) is 37.6 Å². The Kier molecular flexibility index (Phi) is 6.30. The average Bonchev–Trinajstić information content (AvgIpc) is 3.08. The Morgan fingerprint density at radius 1 is 0.931 bits per heavy atom. The van der Waals surface area contributed by atoms with Gasteiger partial charge in [0.15, 0.2) is 0 Å². The molecule has 0 radical (unpaired) electrons. The molecule has 158 valence electrons. The van der Waals surface area contributed by atoms with E-state index in [1.807, 2.05) is 9.80 Å². The maximum Gasteiger partial charge on any atom is 0.228 e. The van der Waals surface area contributed by atoms with Crippen molar-refractivity contribution < 1.29 is 14.4 Å². The first-order valence-electron chi connectivity index (χ1n) is 10.7. The number of para-hydroxylation sites is 1. The van der Waals surface area contributed by atoms with Crippen LogP contribution in [0.15, 0.2) is 18.2 Å². The highest BCUT2D eigenvalue weighted by Crippen LogP contribution is 2.38. The van der Waals surface area contributed by atoms with Gasteiger partial charge in [0, 0.05) is 46.1 Å². The summed E-state index contributed by atoms with van der Waals surface area (Å²) in [5.74, 6) is 0.396. The average molecular weight is 400 g/mol. The summed E-state index contributed by atoms with van der Waals surface area (Å²) in [6, 6.07) is 6.25. The first-order valence-corrected chi connectivity index (χ1v) is 10.7. The molecule has 0 N–H and O–H groups in total. The topological polar surface area (TPSA) is 60.9 Å². The van der Waals surface area contributed by atoms with E-state index in [0.29, 0.717) is 44.6 Å². The molecule has 6 nitrogen and oxygen atoms in total. The molecular weight excluding hydrogens is 366 g/mol. The zero-order chi connectivity index (χ0) is 21.3. The summed E-state index contributed by atoms with van der Waals surface area (Å²) in [5, 5.41) is 0. The minimum atomic E-state index is -0.313. The van der Waals surface area contributed by atoms with Crippen LogP contribution in [0.3, 0.4) is 0 Å². The number of hydrogen-bond donors (Lipinski definition) is 0. The SMILES string of the molecule is CC(=O)N1CCN(C(=O)C2CC(=O)N(c3c(C(C)C)cccc3C(C)C)C2)CC1. The highest BCUT2D eigenvalue weighted by Gasteiger charge is 2.39. The van der Waals surface area contributed by atoms with Gasteiger partial charge in [0.25, 0.3) is 0 Å². The molecule has 6 heteroatoms. The van der Waals surface area contributed by atoms with Crippen LogP contribution in [-0.2, 0) is 14.4 Å². The third-order valence-electron chi connectivity index (χ3n) is 6.12. The van der Waals surface area contributed by atoms with Crippen molar-refractivity contribution in [1.82, 2.24) is 9.80 Å². The first kappa shape index (κ1) is 21.3. The molecule has 0 spiro atoms. The Bertz CT molecular complexity index is 768. The summed E-state index contributed by atoms with van der Waals surface area (Å²) >= 11 is 0. The number of amides is 3. The lowest BCUT2D eigenvalue weighted by Crippen LogP contribution is -2.51. The van der Waals surface area contributed by atoms with E-state index in [9.17, 15) is 14.4 Å². The van der Waals surface area contributed by atoms with Gasteiger partial charge in [0.1, 0.15) is 0 Å². The molecule has 1 aromatic rings. The fourth-order valence-corrected chi connectivity index (χ4v) is 4.41. The highest BCUT2D eigenvalue weighted by molar-refractivity contribution is 6.01. The summed E-state index contributed by atoms with van der Waals surface area (Å²) in [6.45, 7) is 12.8. The molecule has 2 aliphatic heterocycles. The van der Waals surface area contributed by atoms with Crippen LogP contribution in [0.5, 0.6) is 0 Å². The molecule has 1 atom stereocenters. The van der Waals surface area contributed by atoms with Crippen molar-refractivity contribution in [2.45, 2.75) is 52.9 Å². The predicted octanol–water partition coefficient (Wildman–Crippen LogP) is 2.98. The van der Waals surface area contributed by atoms with E-state index in [0.717, 1.165) is 16.8 Å². The molecule has 2 fully saturated rings. The highest BCUT2D eigenvalue weighted by atomic mass is 16.2. The zero-order valence-electron chi connectivity index (χ0n) is 18.3. The van der Waals surface area contributed by atoms with Gasteiger partial charge in [-0.05, 0) is 23.0 Å². The Morgan fingerprint density at radius 3 is 1.93 bits per heavy atom. The van der Waals surface area contributed by atoms with Gasteiger partial charge in [0.05, 0.1) is 11.6 Å². The van der Waals surface area contributed by atoms with Gasteiger partial charge in [-0.3, -0.25) is 14.4 Å². The molecule has 3 amide bonds. The number of nitrogens with zero attached hydrogens (tertiary/aromatic N) is 3. The van der Waals surface area contributed by atoms with Gasteiger partial charge in [-0.25, -0.2) is 0 Å². The van der Waals surface area contributed by atoms with E-state index in [-0.39, 0.29) is 30.1 Å². The van der Waals surface area contributed by atoms with Crippen molar-refractivity contribution in [3.63, 3.8) is 0 Å². The summed E-state index contributed by atoms with van der Waals surface area (Å²) in [4.78, 5) is 43.0. The van der Waals surface area contributed by atoms with Crippen molar-refractivity contribution in [3.8, 4) is 0 Å². The minimum Gasteiger partial charge on any atom is -0.339 e. The maximum absolute atomic E-state index is 13.1. The Balaban J connectivity index is 1.79. The summed E-state index contributed by atoms with van der Waals surface area (Å²) < 4.78 is 0. The molecule has 0 bridgehead atoms. The van der Waals surface area contributed by atoms with Crippen molar-refractivity contribution in [3.05, 3.63) is 29.3 Å². The number of anilines is 1. The monoisotopic (exact) mass is 399 g/mol. The van der Waals surface area contributed by atoms with E-state index in [1.165, 1.54) is 0 Å². The molecule has 2 heterocycles. The van der Waals surface area contributed by atoms with Crippen LogP contribution in [-0.4, -0.2) is 60.2 Å². The van der Waals surface area contributed by atoms with Gasteiger partial charge in [-0.15, -0.1) is 0 Å². The second-order valence-electron chi connectivity index (χ2n) is 8.83. The summed E-state index contributed by atoms with van der Waals surface area (Å²) in [7, 11) is 0. The van der Waals surface area contributed by atoms with Gasteiger partial charge < -0.3 is 14.7 Å². The molecule has 2 saturated heterocycles. The van der Waals surface area contributed by atoms with Crippen LogP contribution in [0, 0.1) is 5.92 Å². The molecule has 1 aromatic carbocycles. The molecule has 1 unspecified atom stereocenters.